The van der Waals surface area contributed by atoms with E-state index in [0.717, 1.165) is 0 Å². The van der Waals surface area contributed by atoms with Gasteiger partial charge in [-0.25, -0.2) is 9.78 Å². The van der Waals surface area contributed by atoms with Crippen molar-refractivity contribution in [2.75, 3.05) is 31.3 Å². The van der Waals surface area contributed by atoms with E-state index < -0.39 is 18.0 Å². The summed E-state index contributed by atoms with van der Waals surface area (Å²) in [6.07, 6.45) is 0.345. The molecule has 2 rings (SSSR count). The van der Waals surface area contributed by atoms with Gasteiger partial charge in [0.25, 0.3) is 5.91 Å². The van der Waals surface area contributed by atoms with Crippen molar-refractivity contribution in [3.63, 3.8) is 0 Å². The number of hydrogen-bond donors (Lipinski definition) is 2. The lowest BCUT2D eigenvalue weighted by Gasteiger charge is -2.14. The van der Waals surface area contributed by atoms with Crippen LogP contribution in [0.4, 0.5) is 5.82 Å². The van der Waals surface area contributed by atoms with E-state index in [1.54, 1.807) is 43.5 Å². The number of nitrogens with one attached hydrogen (secondary N) is 2. The second-order valence-corrected chi connectivity index (χ2v) is 7.48. The third-order valence-corrected chi connectivity index (χ3v) is 5.02. The van der Waals surface area contributed by atoms with Crippen molar-refractivity contribution in [1.29, 1.82) is 0 Å². The summed E-state index contributed by atoms with van der Waals surface area (Å²) in [6, 6.07) is 9.86. The molecule has 1 aromatic carbocycles. The van der Waals surface area contributed by atoms with Gasteiger partial charge in [0.2, 0.25) is 5.91 Å². The summed E-state index contributed by atoms with van der Waals surface area (Å²) in [5.41, 5.74) is 0.274. The summed E-state index contributed by atoms with van der Waals surface area (Å²) in [7, 11) is 1.55. The number of halogens is 1. The average Bonchev–Trinajstić information content (AvgIpc) is 2.74. The Morgan fingerprint density at radius 3 is 2.67 bits per heavy atom. The molecule has 1 aromatic heterocycles. The number of esters is 1. The van der Waals surface area contributed by atoms with E-state index in [0.29, 0.717) is 28.9 Å². The molecule has 0 fully saturated rings. The minimum atomic E-state index is -1.05. The highest BCUT2D eigenvalue weighted by molar-refractivity contribution is 8.00. The first-order chi connectivity index (χ1) is 14.4. The molecule has 10 heteroatoms. The summed E-state index contributed by atoms with van der Waals surface area (Å²) in [6.45, 7) is 2.29. The number of nitrogens with zero attached hydrogens (tertiary/aromatic N) is 1. The second kappa shape index (κ2) is 12.2. The van der Waals surface area contributed by atoms with E-state index in [4.69, 9.17) is 21.1 Å². The highest BCUT2D eigenvalue weighted by atomic mass is 35.5. The van der Waals surface area contributed by atoms with Crippen molar-refractivity contribution in [3.8, 4) is 0 Å². The minimum Gasteiger partial charge on any atom is -0.449 e. The maximum absolute atomic E-state index is 12.6. The van der Waals surface area contributed by atoms with Gasteiger partial charge in [-0.15, -0.1) is 11.8 Å². The summed E-state index contributed by atoms with van der Waals surface area (Å²) >= 11 is 6.97. The summed E-state index contributed by atoms with van der Waals surface area (Å²) in [4.78, 5) is 41.2. The Bertz CT molecular complexity index is 879. The van der Waals surface area contributed by atoms with Gasteiger partial charge in [0.05, 0.1) is 22.9 Å². The molecule has 1 atom stereocenters. The number of rotatable bonds is 10. The number of thioether (sulfide) groups is 1. The van der Waals surface area contributed by atoms with Crippen LogP contribution in [0.1, 0.15) is 17.3 Å². The first kappa shape index (κ1) is 23.7. The molecule has 1 unspecified atom stereocenters. The number of aromatic nitrogens is 1. The lowest BCUT2D eigenvalue weighted by atomic mass is 10.2. The lowest BCUT2D eigenvalue weighted by Crippen LogP contribution is -2.30. The maximum Gasteiger partial charge on any atom is 0.340 e. The van der Waals surface area contributed by atoms with Crippen LogP contribution in [0.25, 0.3) is 0 Å². The number of amides is 2. The summed E-state index contributed by atoms with van der Waals surface area (Å²) < 4.78 is 10.2. The van der Waals surface area contributed by atoms with Crippen molar-refractivity contribution in [1.82, 2.24) is 10.3 Å². The van der Waals surface area contributed by atoms with E-state index >= 15 is 0 Å². The van der Waals surface area contributed by atoms with Crippen LogP contribution in [0.2, 0.25) is 5.02 Å². The van der Waals surface area contributed by atoms with Crippen molar-refractivity contribution in [2.24, 2.45) is 0 Å². The van der Waals surface area contributed by atoms with Crippen molar-refractivity contribution < 1.29 is 23.9 Å². The first-order valence-corrected chi connectivity index (χ1v) is 10.4. The molecule has 30 heavy (non-hydrogen) atoms. The molecule has 0 radical (unpaired) electrons. The number of methoxy groups -OCH3 is 1. The molecule has 0 spiro atoms. The fraction of sp³-hybridized carbons (Fsp3) is 0.300. The third-order valence-electron chi connectivity index (χ3n) is 3.73. The third kappa shape index (κ3) is 7.66. The van der Waals surface area contributed by atoms with Gasteiger partial charge < -0.3 is 20.1 Å². The van der Waals surface area contributed by atoms with E-state index in [-0.39, 0.29) is 17.2 Å². The van der Waals surface area contributed by atoms with Gasteiger partial charge >= 0.3 is 5.97 Å². The molecular formula is C20H22ClN3O5S. The molecule has 2 N–H and O–H groups in total. The monoisotopic (exact) mass is 451 g/mol. The Kier molecular flexibility index (Phi) is 9.59. The van der Waals surface area contributed by atoms with Crippen molar-refractivity contribution in [2.45, 2.75) is 17.9 Å². The van der Waals surface area contributed by atoms with E-state index in [1.807, 2.05) is 0 Å². The Hall–Kier alpha value is -2.62. The fourth-order valence-corrected chi connectivity index (χ4v) is 3.19. The quantitative estimate of drug-likeness (QED) is 0.325. The lowest BCUT2D eigenvalue weighted by molar-refractivity contribution is -0.123. The van der Waals surface area contributed by atoms with Crippen LogP contribution in [0.5, 0.6) is 0 Å². The maximum atomic E-state index is 12.6. The second-order valence-electron chi connectivity index (χ2n) is 6.03. The molecule has 0 aliphatic carbocycles. The molecule has 0 bridgehead atoms. The molecule has 8 nitrogen and oxygen atoms in total. The number of benzene rings is 1. The van der Waals surface area contributed by atoms with Gasteiger partial charge in [-0.05, 0) is 31.2 Å². The summed E-state index contributed by atoms with van der Waals surface area (Å²) in [5.74, 6) is -0.941. The Labute approximate surface area is 183 Å². The molecular weight excluding hydrogens is 430 g/mol. The summed E-state index contributed by atoms with van der Waals surface area (Å²) in [5, 5.41) is 5.70. The number of anilines is 1. The molecule has 2 amide bonds. The Morgan fingerprint density at radius 1 is 1.20 bits per heavy atom. The fourth-order valence-electron chi connectivity index (χ4n) is 2.20. The van der Waals surface area contributed by atoms with Crippen molar-refractivity contribution in [3.05, 3.63) is 53.2 Å². The largest absolute Gasteiger partial charge is 0.449 e. The molecule has 160 valence electrons. The molecule has 1 heterocycles. The van der Waals surface area contributed by atoms with E-state index in [9.17, 15) is 14.4 Å². The van der Waals surface area contributed by atoms with Gasteiger partial charge in [-0.3, -0.25) is 9.59 Å². The minimum absolute atomic E-state index is 0.131. The van der Waals surface area contributed by atoms with E-state index in [1.165, 1.54) is 24.9 Å². The molecule has 0 saturated heterocycles. The van der Waals surface area contributed by atoms with Crippen LogP contribution < -0.4 is 10.6 Å². The predicted octanol–water partition coefficient (Wildman–Crippen LogP) is 2.77. The van der Waals surface area contributed by atoms with Gasteiger partial charge in [-0.2, -0.15) is 0 Å². The number of ether oxygens (including phenoxy) is 2. The smallest absolute Gasteiger partial charge is 0.340 e. The van der Waals surface area contributed by atoms with Crippen LogP contribution >= 0.6 is 23.4 Å². The van der Waals surface area contributed by atoms with Crippen LogP contribution in [0.3, 0.4) is 0 Å². The van der Waals surface area contributed by atoms with Crippen LogP contribution in [0.15, 0.2) is 47.5 Å². The number of pyridine rings is 1. The highest BCUT2D eigenvalue weighted by Gasteiger charge is 2.21. The number of carbonyl (C=O) groups is 3. The number of carbonyl (C=O) groups excluding carboxylic acids is 3. The highest BCUT2D eigenvalue weighted by Crippen LogP contribution is 2.23. The SMILES string of the molecule is COCCNC(=O)CSc1ccccc1C(=O)OC(C)C(=O)Nc1ccc(Cl)cn1. The molecule has 0 aliphatic heterocycles. The molecule has 2 aromatic rings. The number of hydrogen-bond acceptors (Lipinski definition) is 7. The van der Waals surface area contributed by atoms with Gasteiger partial charge in [0.15, 0.2) is 6.10 Å². The Balaban J connectivity index is 1.93. The zero-order valence-electron chi connectivity index (χ0n) is 16.5. The van der Waals surface area contributed by atoms with Crippen LogP contribution in [-0.2, 0) is 19.1 Å². The van der Waals surface area contributed by atoms with Gasteiger partial charge in [0, 0.05) is 24.7 Å². The van der Waals surface area contributed by atoms with Crippen LogP contribution in [-0.4, -0.2) is 54.9 Å². The average molecular weight is 452 g/mol. The zero-order chi connectivity index (χ0) is 21.9. The van der Waals surface area contributed by atoms with Crippen molar-refractivity contribution >= 4 is 47.0 Å². The van der Waals surface area contributed by atoms with Gasteiger partial charge in [0.1, 0.15) is 5.82 Å². The standard InChI is InChI=1S/C20H22ClN3O5S/c1-13(19(26)24-17-8-7-14(21)11-23-17)29-20(27)15-5-3-4-6-16(15)30-12-18(25)22-9-10-28-2/h3-8,11,13H,9-10,12H2,1-2H3,(H,22,25)(H,23,24,26). The molecule has 0 aliphatic rings. The molecule has 0 saturated carbocycles. The van der Waals surface area contributed by atoms with Gasteiger partial charge in [-0.1, -0.05) is 23.7 Å². The first-order valence-electron chi connectivity index (χ1n) is 9.01. The Morgan fingerprint density at radius 2 is 1.97 bits per heavy atom. The van der Waals surface area contributed by atoms with Crippen LogP contribution in [0, 0.1) is 0 Å². The zero-order valence-corrected chi connectivity index (χ0v) is 18.1. The predicted molar refractivity (Wildman–Crippen MR) is 115 cm³/mol. The normalized spacial score (nSPS) is 11.4. The topological polar surface area (TPSA) is 107 Å². The van der Waals surface area contributed by atoms with E-state index in [2.05, 4.69) is 15.6 Å².